The predicted molar refractivity (Wildman–Crippen MR) is 103 cm³/mol. The molecule has 0 bridgehead atoms. The van der Waals surface area contributed by atoms with Crippen LogP contribution in [0, 0.1) is 0 Å². The number of methoxy groups -OCH3 is 1. The fourth-order valence-electron chi connectivity index (χ4n) is 3.04. The molecule has 0 saturated heterocycles. The highest BCUT2D eigenvalue weighted by Gasteiger charge is 2.27. The van der Waals surface area contributed by atoms with Gasteiger partial charge in [0.2, 0.25) is 5.91 Å². The molecule has 0 fully saturated rings. The van der Waals surface area contributed by atoms with Gasteiger partial charge >= 0.3 is 5.97 Å². The molecule has 0 aliphatic rings. The highest BCUT2D eigenvalue weighted by Crippen LogP contribution is 2.08. The highest BCUT2D eigenvalue weighted by atomic mass is 16.5. The van der Waals surface area contributed by atoms with Gasteiger partial charge in [-0.1, -0.05) is 27.7 Å². The topological polar surface area (TPSA) is 61.9 Å². The third-order valence-corrected chi connectivity index (χ3v) is 4.13. The van der Waals surface area contributed by atoms with Gasteiger partial charge in [-0.05, 0) is 51.9 Å². The Balaban J connectivity index is 5.00. The molecule has 0 heterocycles. The number of hydrogen-bond donors (Lipinski definition) is 1. The monoisotopic (exact) mass is 357 g/mol. The lowest BCUT2D eigenvalue weighted by Gasteiger charge is -2.34. The number of carbonyl (C=O) groups is 2. The Morgan fingerprint density at radius 1 is 0.920 bits per heavy atom. The van der Waals surface area contributed by atoms with Crippen LogP contribution in [0.2, 0.25) is 0 Å². The van der Waals surface area contributed by atoms with Gasteiger partial charge < -0.3 is 15.0 Å². The molecule has 0 aromatic heterocycles. The van der Waals surface area contributed by atoms with Crippen LogP contribution in [0.25, 0.3) is 0 Å². The quantitative estimate of drug-likeness (QED) is 0.456. The number of hydrogen-bond acceptors (Lipinski definition) is 5. The lowest BCUT2D eigenvalue weighted by Crippen LogP contribution is -2.53. The number of carbonyl (C=O) groups excluding carboxylic acids is 2. The molecule has 0 aromatic carbocycles. The molecule has 6 nitrogen and oxygen atoms in total. The van der Waals surface area contributed by atoms with Crippen molar-refractivity contribution in [2.75, 3.05) is 46.4 Å². The molecule has 0 rings (SSSR count). The van der Waals surface area contributed by atoms with Gasteiger partial charge in [-0.15, -0.1) is 0 Å². The summed E-state index contributed by atoms with van der Waals surface area (Å²) in [5, 5.41) is 2.93. The van der Waals surface area contributed by atoms with E-state index in [4.69, 9.17) is 0 Å². The van der Waals surface area contributed by atoms with E-state index < -0.39 is 0 Å². The summed E-state index contributed by atoms with van der Waals surface area (Å²) in [6.45, 7) is 13.5. The van der Waals surface area contributed by atoms with E-state index >= 15 is 0 Å². The first kappa shape index (κ1) is 23.9. The predicted octanol–water partition coefficient (Wildman–Crippen LogP) is 2.28. The SMILES string of the molecule is CCCN(CCC)CC(C(=O)NCCC(=O)OC)N(CCC)CCC. The van der Waals surface area contributed by atoms with Crippen molar-refractivity contribution in [3.05, 3.63) is 0 Å². The summed E-state index contributed by atoms with van der Waals surface area (Å²) in [4.78, 5) is 28.7. The van der Waals surface area contributed by atoms with Crippen LogP contribution in [0.3, 0.4) is 0 Å². The Labute approximate surface area is 154 Å². The van der Waals surface area contributed by atoms with E-state index in [2.05, 4.69) is 47.5 Å². The minimum Gasteiger partial charge on any atom is -0.469 e. The van der Waals surface area contributed by atoms with Gasteiger partial charge in [0.15, 0.2) is 0 Å². The second-order valence-electron chi connectivity index (χ2n) is 6.47. The van der Waals surface area contributed by atoms with Crippen LogP contribution in [0.5, 0.6) is 0 Å². The summed E-state index contributed by atoms with van der Waals surface area (Å²) in [7, 11) is 1.37. The molecule has 25 heavy (non-hydrogen) atoms. The maximum Gasteiger partial charge on any atom is 0.307 e. The Bertz CT molecular complexity index is 352. The molecule has 1 unspecified atom stereocenters. The summed E-state index contributed by atoms with van der Waals surface area (Å²) in [6, 6.07) is -0.171. The zero-order valence-electron chi connectivity index (χ0n) is 17.0. The van der Waals surface area contributed by atoms with E-state index in [1.807, 2.05) is 0 Å². The molecule has 6 heteroatoms. The van der Waals surface area contributed by atoms with E-state index in [0.29, 0.717) is 6.54 Å². The first-order valence-electron chi connectivity index (χ1n) is 9.84. The largest absolute Gasteiger partial charge is 0.469 e. The standard InChI is InChI=1S/C19H39N3O3/c1-6-12-21(13-7-2)16-17(22(14-8-3)15-9-4)19(24)20-11-10-18(23)25-5/h17H,6-16H2,1-5H3,(H,20,24). The van der Waals surface area contributed by atoms with Crippen LogP contribution in [-0.4, -0.2) is 74.1 Å². The van der Waals surface area contributed by atoms with E-state index in [1.165, 1.54) is 7.11 Å². The Hall–Kier alpha value is -1.14. The molecule has 1 N–H and O–H groups in total. The van der Waals surface area contributed by atoms with Gasteiger partial charge in [0, 0.05) is 13.1 Å². The van der Waals surface area contributed by atoms with E-state index in [-0.39, 0.29) is 24.3 Å². The summed E-state index contributed by atoms with van der Waals surface area (Å²) in [6.07, 6.45) is 4.42. The van der Waals surface area contributed by atoms with Crippen LogP contribution in [0.4, 0.5) is 0 Å². The number of rotatable bonds is 15. The number of esters is 1. The maximum atomic E-state index is 12.8. The summed E-state index contributed by atoms with van der Waals surface area (Å²) < 4.78 is 4.64. The molecular weight excluding hydrogens is 318 g/mol. The molecule has 0 aliphatic heterocycles. The molecule has 1 amide bonds. The van der Waals surface area contributed by atoms with Crippen LogP contribution in [0.1, 0.15) is 59.8 Å². The summed E-state index contributed by atoms with van der Waals surface area (Å²) >= 11 is 0. The van der Waals surface area contributed by atoms with Crippen molar-refractivity contribution in [3.8, 4) is 0 Å². The molecule has 0 aromatic rings. The van der Waals surface area contributed by atoms with Crippen LogP contribution >= 0.6 is 0 Å². The van der Waals surface area contributed by atoms with Gasteiger partial charge in [0.05, 0.1) is 13.5 Å². The number of ether oxygens (including phenoxy) is 1. The lowest BCUT2D eigenvalue weighted by atomic mass is 10.1. The van der Waals surface area contributed by atoms with Gasteiger partial charge in [0.1, 0.15) is 6.04 Å². The first-order chi connectivity index (χ1) is 12.0. The van der Waals surface area contributed by atoms with E-state index in [9.17, 15) is 9.59 Å². The normalized spacial score (nSPS) is 12.4. The van der Waals surface area contributed by atoms with Gasteiger partial charge in [-0.2, -0.15) is 0 Å². The Morgan fingerprint density at radius 3 is 1.88 bits per heavy atom. The number of nitrogens with zero attached hydrogens (tertiary/aromatic N) is 2. The van der Waals surface area contributed by atoms with Crippen molar-refractivity contribution in [1.29, 1.82) is 0 Å². The van der Waals surface area contributed by atoms with Crippen molar-refractivity contribution >= 4 is 11.9 Å². The second-order valence-corrected chi connectivity index (χ2v) is 6.47. The third kappa shape index (κ3) is 10.4. The van der Waals surface area contributed by atoms with Gasteiger partial charge in [0.25, 0.3) is 0 Å². The summed E-state index contributed by atoms with van der Waals surface area (Å²) in [5.41, 5.74) is 0. The van der Waals surface area contributed by atoms with Crippen LogP contribution in [-0.2, 0) is 14.3 Å². The average Bonchev–Trinajstić information content (AvgIpc) is 2.59. The van der Waals surface area contributed by atoms with E-state index in [1.54, 1.807) is 0 Å². The minimum absolute atomic E-state index is 0.0167. The Morgan fingerprint density at radius 2 is 1.44 bits per heavy atom. The van der Waals surface area contributed by atoms with Crippen molar-refractivity contribution in [3.63, 3.8) is 0 Å². The van der Waals surface area contributed by atoms with Crippen molar-refractivity contribution < 1.29 is 14.3 Å². The van der Waals surface area contributed by atoms with Gasteiger partial charge in [-0.3, -0.25) is 14.5 Å². The highest BCUT2D eigenvalue weighted by molar-refractivity contribution is 5.82. The molecule has 148 valence electrons. The zero-order valence-corrected chi connectivity index (χ0v) is 17.0. The minimum atomic E-state index is -0.297. The smallest absolute Gasteiger partial charge is 0.307 e. The van der Waals surface area contributed by atoms with Crippen molar-refractivity contribution in [2.24, 2.45) is 0 Å². The second kappa shape index (κ2) is 15.1. The first-order valence-corrected chi connectivity index (χ1v) is 9.84. The molecule has 0 radical (unpaired) electrons. The number of nitrogens with one attached hydrogen (secondary N) is 1. The summed E-state index contributed by atoms with van der Waals surface area (Å²) in [5.74, 6) is -0.280. The molecule has 0 saturated carbocycles. The van der Waals surface area contributed by atoms with Crippen molar-refractivity contribution in [2.45, 2.75) is 65.8 Å². The molecular formula is C19H39N3O3. The van der Waals surface area contributed by atoms with Crippen LogP contribution in [0.15, 0.2) is 0 Å². The fourth-order valence-corrected chi connectivity index (χ4v) is 3.04. The average molecular weight is 358 g/mol. The Kier molecular flexibility index (Phi) is 14.5. The third-order valence-electron chi connectivity index (χ3n) is 4.13. The molecule has 0 spiro atoms. The number of amides is 1. The van der Waals surface area contributed by atoms with Gasteiger partial charge in [-0.25, -0.2) is 0 Å². The van der Waals surface area contributed by atoms with Crippen LogP contribution < -0.4 is 5.32 Å². The fraction of sp³-hybridized carbons (Fsp3) is 0.895. The zero-order chi connectivity index (χ0) is 19.1. The van der Waals surface area contributed by atoms with Crippen molar-refractivity contribution in [1.82, 2.24) is 15.1 Å². The lowest BCUT2D eigenvalue weighted by molar-refractivity contribution is -0.140. The van der Waals surface area contributed by atoms with E-state index in [0.717, 1.165) is 58.4 Å². The molecule has 1 atom stereocenters. The maximum absolute atomic E-state index is 12.8. The molecule has 0 aliphatic carbocycles.